The van der Waals surface area contributed by atoms with E-state index in [1.165, 1.54) is 0 Å². The Morgan fingerprint density at radius 2 is 1.81 bits per heavy atom. The molecule has 5 nitrogen and oxygen atoms in total. The fourth-order valence-corrected chi connectivity index (χ4v) is 8.38. The molecule has 0 heterocycles. The summed E-state index contributed by atoms with van der Waals surface area (Å²) < 4.78 is 0. The first-order chi connectivity index (χ1) is 14.7. The molecule has 0 amide bonds. The summed E-state index contributed by atoms with van der Waals surface area (Å²) in [5.41, 5.74) is -1.39. The summed E-state index contributed by atoms with van der Waals surface area (Å²) in [6.07, 6.45) is 7.07. The SMILES string of the molecule is C[C@H](CCCC(C)(C)O)[C@H]1CC[C@@]2(O)C3=CC(=O)[C@@H]4C[C@@H](O)[C@@H](O)C[C@]4(C)[C@H]3CC[C@]12C. The molecule has 4 aliphatic rings. The lowest BCUT2D eigenvalue weighted by Gasteiger charge is -2.60. The number of carbonyl (C=O) groups excluding carboxylic acids is 1. The van der Waals surface area contributed by atoms with Crippen LogP contribution < -0.4 is 0 Å². The minimum absolute atomic E-state index is 0.0176. The van der Waals surface area contributed by atoms with Gasteiger partial charge in [0.2, 0.25) is 0 Å². The van der Waals surface area contributed by atoms with Crippen LogP contribution in [0.2, 0.25) is 0 Å². The number of hydrogen-bond donors (Lipinski definition) is 4. The highest BCUT2D eigenvalue weighted by Crippen LogP contribution is 2.68. The zero-order valence-corrected chi connectivity index (χ0v) is 20.6. The Kier molecular flexibility index (Phi) is 6.02. The Labute approximate surface area is 193 Å². The Bertz CT molecular complexity index is 783. The molecule has 3 saturated carbocycles. The van der Waals surface area contributed by atoms with Crippen LogP contribution in [0.4, 0.5) is 0 Å². The van der Waals surface area contributed by atoms with Gasteiger partial charge in [-0.25, -0.2) is 0 Å². The van der Waals surface area contributed by atoms with Gasteiger partial charge in [0.25, 0.3) is 0 Å². The van der Waals surface area contributed by atoms with E-state index in [4.69, 9.17) is 0 Å². The van der Waals surface area contributed by atoms with Gasteiger partial charge in [-0.15, -0.1) is 0 Å². The second-order valence-corrected chi connectivity index (χ2v) is 12.8. The Hall–Kier alpha value is -0.750. The van der Waals surface area contributed by atoms with Crippen LogP contribution in [0.25, 0.3) is 0 Å². The van der Waals surface area contributed by atoms with Crippen LogP contribution in [0.1, 0.15) is 92.4 Å². The number of carbonyl (C=O) groups is 1. The summed E-state index contributed by atoms with van der Waals surface area (Å²) in [6, 6.07) is 0. The van der Waals surface area contributed by atoms with Crippen LogP contribution in [0.5, 0.6) is 0 Å². The van der Waals surface area contributed by atoms with Gasteiger partial charge < -0.3 is 20.4 Å². The summed E-state index contributed by atoms with van der Waals surface area (Å²) in [7, 11) is 0. The van der Waals surface area contributed by atoms with Crippen molar-refractivity contribution < 1.29 is 25.2 Å². The molecule has 0 aromatic heterocycles. The summed E-state index contributed by atoms with van der Waals surface area (Å²) in [4.78, 5) is 13.2. The molecule has 0 saturated heterocycles. The average Bonchev–Trinajstić information content (AvgIpc) is 2.95. The van der Waals surface area contributed by atoms with E-state index >= 15 is 0 Å². The molecule has 0 radical (unpaired) electrons. The Morgan fingerprint density at radius 3 is 2.47 bits per heavy atom. The van der Waals surface area contributed by atoms with E-state index in [1.54, 1.807) is 6.08 Å². The predicted molar refractivity (Wildman–Crippen MR) is 124 cm³/mol. The highest BCUT2D eigenvalue weighted by Gasteiger charge is 2.66. The molecule has 0 aromatic rings. The monoisotopic (exact) mass is 448 g/mol. The molecular weight excluding hydrogens is 404 g/mol. The van der Waals surface area contributed by atoms with Crippen LogP contribution in [0.3, 0.4) is 0 Å². The van der Waals surface area contributed by atoms with Crippen molar-refractivity contribution in [1.29, 1.82) is 0 Å². The van der Waals surface area contributed by atoms with Crippen LogP contribution in [-0.4, -0.2) is 49.6 Å². The zero-order chi connectivity index (χ0) is 23.7. The standard InChI is InChI=1S/C27H44O5/c1-16(7-6-10-24(2,3)31)17-9-12-27(32)19-13-21(28)20-14-22(29)23(30)15-25(20,4)18(19)8-11-26(17,27)5/h13,16-18,20,22-23,29-32H,6-12,14-15H2,1-5H3/t16-,17-,18+,20+,22-,23+,25-,26-,27-/m1/s1. The minimum Gasteiger partial charge on any atom is -0.390 e. The van der Waals surface area contributed by atoms with E-state index < -0.39 is 28.8 Å². The van der Waals surface area contributed by atoms with Crippen LogP contribution in [-0.2, 0) is 4.79 Å². The van der Waals surface area contributed by atoms with Crippen molar-refractivity contribution in [2.24, 2.45) is 34.5 Å². The predicted octanol–water partition coefficient (Wildman–Crippen LogP) is 3.77. The molecule has 0 aromatic carbocycles. The third kappa shape index (κ3) is 3.62. The first kappa shape index (κ1) is 24.4. The molecule has 9 atom stereocenters. The fraction of sp³-hybridized carbons (Fsp3) is 0.889. The maximum atomic E-state index is 13.2. The molecule has 5 heteroatoms. The lowest BCUT2D eigenvalue weighted by molar-refractivity contribution is -0.153. The first-order valence-electron chi connectivity index (χ1n) is 12.8. The van der Waals surface area contributed by atoms with Crippen molar-refractivity contribution in [2.75, 3.05) is 0 Å². The van der Waals surface area contributed by atoms with Crippen molar-refractivity contribution in [3.8, 4) is 0 Å². The maximum absolute atomic E-state index is 13.2. The van der Waals surface area contributed by atoms with Gasteiger partial charge >= 0.3 is 0 Å². The van der Waals surface area contributed by atoms with Crippen molar-refractivity contribution in [3.63, 3.8) is 0 Å². The normalized spacial score (nSPS) is 47.3. The molecule has 3 fully saturated rings. The lowest BCUT2D eigenvalue weighted by atomic mass is 9.46. The highest BCUT2D eigenvalue weighted by atomic mass is 16.3. The Morgan fingerprint density at radius 1 is 1.12 bits per heavy atom. The molecule has 0 aliphatic heterocycles. The number of allylic oxidation sites excluding steroid dienone is 1. The third-order valence-corrected chi connectivity index (χ3v) is 10.3. The Balaban J connectivity index is 1.60. The molecule has 0 unspecified atom stereocenters. The second-order valence-electron chi connectivity index (χ2n) is 12.8. The molecular formula is C27H44O5. The second kappa shape index (κ2) is 7.90. The fourth-order valence-electron chi connectivity index (χ4n) is 8.38. The number of ketones is 1. The van der Waals surface area contributed by atoms with Crippen molar-refractivity contribution >= 4 is 5.78 Å². The topological polar surface area (TPSA) is 98.0 Å². The van der Waals surface area contributed by atoms with Gasteiger partial charge in [0, 0.05) is 11.3 Å². The number of fused-ring (bicyclic) bond motifs is 5. The van der Waals surface area contributed by atoms with Gasteiger partial charge in [-0.1, -0.05) is 33.6 Å². The van der Waals surface area contributed by atoms with E-state index in [9.17, 15) is 25.2 Å². The molecule has 0 spiro atoms. The van der Waals surface area contributed by atoms with E-state index in [0.717, 1.165) is 44.1 Å². The largest absolute Gasteiger partial charge is 0.390 e. The number of rotatable bonds is 5. The summed E-state index contributed by atoms with van der Waals surface area (Å²) in [5.74, 6) is 0.651. The molecule has 4 N–H and O–H groups in total. The van der Waals surface area contributed by atoms with E-state index in [2.05, 4.69) is 20.8 Å². The van der Waals surface area contributed by atoms with Crippen molar-refractivity contribution in [1.82, 2.24) is 0 Å². The van der Waals surface area contributed by atoms with Gasteiger partial charge in [-0.05, 0) is 93.6 Å². The van der Waals surface area contributed by atoms with Gasteiger partial charge in [0.15, 0.2) is 5.78 Å². The lowest BCUT2D eigenvalue weighted by Crippen LogP contribution is -2.60. The molecule has 182 valence electrons. The highest BCUT2D eigenvalue weighted by molar-refractivity contribution is 5.95. The molecule has 4 rings (SSSR count). The van der Waals surface area contributed by atoms with Crippen LogP contribution >= 0.6 is 0 Å². The zero-order valence-electron chi connectivity index (χ0n) is 20.6. The van der Waals surface area contributed by atoms with Gasteiger partial charge in [-0.2, -0.15) is 0 Å². The summed E-state index contributed by atoms with van der Waals surface area (Å²) in [5, 5.41) is 42.9. The first-order valence-corrected chi connectivity index (χ1v) is 12.8. The van der Waals surface area contributed by atoms with Crippen molar-refractivity contribution in [3.05, 3.63) is 11.6 Å². The average molecular weight is 449 g/mol. The van der Waals surface area contributed by atoms with E-state index in [1.807, 2.05) is 13.8 Å². The summed E-state index contributed by atoms with van der Waals surface area (Å²) in [6.45, 7) is 10.3. The van der Waals surface area contributed by atoms with Gasteiger partial charge in [0.05, 0.1) is 23.4 Å². The third-order valence-electron chi connectivity index (χ3n) is 10.3. The van der Waals surface area contributed by atoms with Gasteiger partial charge in [-0.3, -0.25) is 4.79 Å². The summed E-state index contributed by atoms with van der Waals surface area (Å²) >= 11 is 0. The molecule has 0 bridgehead atoms. The molecule has 32 heavy (non-hydrogen) atoms. The minimum atomic E-state index is -0.976. The van der Waals surface area contributed by atoms with E-state index in [0.29, 0.717) is 31.1 Å². The molecule has 4 aliphatic carbocycles. The number of hydrogen-bond acceptors (Lipinski definition) is 5. The van der Waals surface area contributed by atoms with Crippen LogP contribution in [0.15, 0.2) is 11.6 Å². The maximum Gasteiger partial charge on any atom is 0.159 e. The van der Waals surface area contributed by atoms with Crippen LogP contribution in [0, 0.1) is 34.5 Å². The quantitative estimate of drug-likeness (QED) is 0.513. The van der Waals surface area contributed by atoms with Crippen molar-refractivity contribution in [2.45, 2.75) is 116 Å². The number of aliphatic hydroxyl groups excluding tert-OH is 2. The smallest absolute Gasteiger partial charge is 0.159 e. The van der Waals surface area contributed by atoms with Gasteiger partial charge in [0.1, 0.15) is 0 Å². The number of aliphatic hydroxyl groups is 4. The van der Waals surface area contributed by atoms with E-state index in [-0.39, 0.29) is 23.0 Å².